The van der Waals surface area contributed by atoms with Gasteiger partial charge in [-0.1, -0.05) is 42.5 Å². The van der Waals surface area contributed by atoms with Crippen molar-refractivity contribution in [1.29, 1.82) is 0 Å². The third-order valence-electron chi connectivity index (χ3n) is 4.90. The lowest BCUT2D eigenvalue weighted by molar-refractivity contribution is 0.230. The molecule has 154 valence electrons. The van der Waals surface area contributed by atoms with E-state index in [1.165, 1.54) is 5.69 Å². The predicted octanol–water partition coefficient (Wildman–Crippen LogP) is 5.13. The zero-order valence-corrected chi connectivity index (χ0v) is 18.1. The van der Waals surface area contributed by atoms with Crippen LogP contribution in [0, 0.1) is 0 Å². The first-order valence-corrected chi connectivity index (χ1v) is 9.99. The van der Waals surface area contributed by atoms with E-state index in [4.69, 9.17) is 0 Å². The fraction of sp³-hybridized carbons (Fsp3) is 0.333. The molecule has 0 bridgehead atoms. The summed E-state index contributed by atoms with van der Waals surface area (Å²) in [7, 11) is 0. The number of urea groups is 1. The molecular formula is C24H32N4O. The van der Waals surface area contributed by atoms with Crippen LogP contribution in [-0.2, 0) is 5.54 Å². The molecule has 29 heavy (non-hydrogen) atoms. The summed E-state index contributed by atoms with van der Waals surface area (Å²) in [5, 5.41) is 7.03. The minimum absolute atomic E-state index is 0.355. The van der Waals surface area contributed by atoms with E-state index in [0.717, 1.165) is 35.4 Å². The standard InChI is InChI=1S/C24H32N4O/c1-7-28(8-2)22-14-12-19(13-15-22)17-25-27-23(29)26-24(5,6)21-11-9-10-20(16-21)18(3)4/h9-17H,3,7-8H2,1-2,4-6H3,(H2,26,27,29)/b25-17+. The van der Waals surface area contributed by atoms with Crippen LogP contribution in [0.1, 0.15) is 51.3 Å². The molecule has 2 N–H and O–H groups in total. The van der Waals surface area contributed by atoms with E-state index in [1.807, 2.05) is 57.2 Å². The molecule has 0 aliphatic rings. The Morgan fingerprint density at radius 3 is 2.38 bits per heavy atom. The maximum absolute atomic E-state index is 12.3. The van der Waals surface area contributed by atoms with Gasteiger partial charge < -0.3 is 10.2 Å². The number of carbonyl (C=O) groups is 1. The normalized spacial score (nSPS) is 11.3. The number of amides is 2. The summed E-state index contributed by atoms with van der Waals surface area (Å²) in [5.74, 6) is 0. The highest BCUT2D eigenvalue weighted by molar-refractivity contribution is 5.82. The maximum atomic E-state index is 12.3. The lowest BCUT2D eigenvalue weighted by Crippen LogP contribution is -2.45. The smallest absolute Gasteiger partial charge is 0.335 e. The van der Waals surface area contributed by atoms with Crippen LogP contribution in [0.4, 0.5) is 10.5 Å². The van der Waals surface area contributed by atoms with Crippen LogP contribution < -0.4 is 15.6 Å². The minimum atomic E-state index is -0.545. The van der Waals surface area contributed by atoms with E-state index < -0.39 is 5.54 Å². The molecular weight excluding hydrogens is 360 g/mol. The lowest BCUT2D eigenvalue weighted by atomic mass is 9.92. The van der Waals surface area contributed by atoms with Gasteiger partial charge in [0.05, 0.1) is 11.8 Å². The molecule has 0 atom stereocenters. The van der Waals surface area contributed by atoms with Gasteiger partial charge in [-0.05, 0) is 69.5 Å². The van der Waals surface area contributed by atoms with Crippen molar-refractivity contribution in [2.45, 2.75) is 40.2 Å². The molecule has 0 aliphatic heterocycles. The third-order valence-corrected chi connectivity index (χ3v) is 4.90. The van der Waals surface area contributed by atoms with Crippen molar-refractivity contribution in [3.8, 4) is 0 Å². The maximum Gasteiger partial charge on any atom is 0.335 e. The highest BCUT2D eigenvalue weighted by Crippen LogP contribution is 2.23. The van der Waals surface area contributed by atoms with Crippen molar-refractivity contribution >= 4 is 23.5 Å². The Morgan fingerprint density at radius 1 is 1.14 bits per heavy atom. The summed E-state index contributed by atoms with van der Waals surface area (Å²) in [6, 6.07) is 15.8. The first-order valence-electron chi connectivity index (χ1n) is 9.99. The molecule has 0 fully saturated rings. The van der Waals surface area contributed by atoms with Gasteiger partial charge in [0.25, 0.3) is 0 Å². The van der Waals surface area contributed by atoms with Crippen LogP contribution in [-0.4, -0.2) is 25.3 Å². The van der Waals surface area contributed by atoms with Crippen molar-refractivity contribution in [2.75, 3.05) is 18.0 Å². The van der Waals surface area contributed by atoms with Crippen molar-refractivity contribution in [3.63, 3.8) is 0 Å². The molecule has 0 unspecified atom stereocenters. The van der Waals surface area contributed by atoms with E-state index in [1.54, 1.807) is 6.21 Å². The number of hydrazone groups is 1. The predicted molar refractivity (Wildman–Crippen MR) is 123 cm³/mol. The number of hydrogen-bond donors (Lipinski definition) is 2. The quantitative estimate of drug-likeness (QED) is 0.483. The number of nitrogens with one attached hydrogen (secondary N) is 2. The van der Waals surface area contributed by atoms with Crippen molar-refractivity contribution < 1.29 is 4.79 Å². The Labute approximate surface area is 174 Å². The van der Waals surface area contributed by atoms with Gasteiger partial charge in [-0.3, -0.25) is 0 Å². The first-order chi connectivity index (χ1) is 13.8. The fourth-order valence-electron chi connectivity index (χ4n) is 3.08. The molecule has 2 aromatic carbocycles. The molecule has 0 radical (unpaired) electrons. The Kier molecular flexibility index (Phi) is 7.59. The van der Waals surface area contributed by atoms with Gasteiger partial charge in [0.15, 0.2) is 0 Å². The molecule has 5 heteroatoms. The summed E-state index contributed by atoms with van der Waals surface area (Å²) < 4.78 is 0. The van der Waals surface area contributed by atoms with Crippen LogP contribution in [0.15, 0.2) is 60.2 Å². The summed E-state index contributed by atoms with van der Waals surface area (Å²) in [6.07, 6.45) is 1.64. The molecule has 2 amide bonds. The Morgan fingerprint density at radius 2 is 1.79 bits per heavy atom. The molecule has 0 saturated carbocycles. The Balaban J connectivity index is 1.96. The van der Waals surface area contributed by atoms with E-state index in [-0.39, 0.29) is 6.03 Å². The van der Waals surface area contributed by atoms with E-state index >= 15 is 0 Å². The molecule has 0 aromatic heterocycles. The van der Waals surface area contributed by atoms with Crippen LogP contribution in [0.25, 0.3) is 5.57 Å². The largest absolute Gasteiger partial charge is 0.372 e. The lowest BCUT2D eigenvalue weighted by Gasteiger charge is -2.27. The summed E-state index contributed by atoms with van der Waals surface area (Å²) in [4.78, 5) is 14.6. The van der Waals surface area contributed by atoms with E-state index in [0.29, 0.717) is 0 Å². The van der Waals surface area contributed by atoms with Gasteiger partial charge in [-0.25, -0.2) is 10.2 Å². The van der Waals surface area contributed by atoms with Gasteiger partial charge in [-0.15, -0.1) is 0 Å². The molecule has 5 nitrogen and oxygen atoms in total. The second kappa shape index (κ2) is 9.92. The molecule has 0 saturated heterocycles. The Hall–Kier alpha value is -3.08. The molecule has 0 aliphatic carbocycles. The number of nitrogens with zero attached hydrogens (tertiary/aromatic N) is 2. The van der Waals surface area contributed by atoms with E-state index in [2.05, 4.69) is 53.3 Å². The van der Waals surface area contributed by atoms with Crippen molar-refractivity contribution in [1.82, 2.24) is 10.7 Å². The van der Waals surface area contributed by atoms with E-state index in [9.17, 15) is 4.79 Å². The number of hydrogen-bond acceptors (Lipinski definition) is 3. The average molecular weight is 393 g/mol. The van der Waals surface area contributed by atoms with Gasteiger partial charge in [0.2, 0.25) is 0 Å². The van der Waals surface area contributed by atoms with Gasteiger partial charge >= 0.3 is 6.03 Å². The monoisotopic (exact) mass is 392 g/mol. The molecule has 2 rings (SSSR count). The third kappa shape index (κ3) is 6.21. The first kappa shape index (κ1) is 22.2. The van der Waals surface area contributed by atoms with Crippen LogP contribution in [0.3, 0.4) is 0 Å². The second-order valence-corrected chi connectivity index (χ2v) is 7.57. The second-order valence-electron chi connectivity index (χ2n) is 7.57. The molecule has 2 aromatic rings. The number of carbonyl (C=O) groups excluding carboxylic acids is 1. The highest BCUT2D eigenvalue weighted by atomic mass is 16.2. The minimum Gasteiger partial charge on any atom is -0.372 e. The summed E-state index contributed by atoms with van der Waals surface area (Å²) in [6.45, 7) is 16.1. The number of rotatable bonds is 8. The molecule has 0 heterocycles. The number of allylic oxidation sites excluding steroid dienone is 1. The van der Waals surface area contributed by atoms with Crippen LogP contribution in [0.5, 0.6) is 0 Å². The summed E-state index contributed by atoms with van der Waals surface area (Å²) >= 11 is 0. The summed E-state index contributed by atoms with van der Waals surface area (Å²) in [5.41, 5.74) is 7.16. The van der Waals surface area contributed by atoms with Gasteiger partial charge in [-0.2, -0.15) is 5.10 Å². The average Bonchev–Trinajstić information content (AvgIpc) is 2.70. The van der Waals surface area contributed by atoms with Gasteiger partial charge in [0.1, 0.15) is 0 Å². The van der Waals surface area contributed by atoms with Crippen LogP contribution >= 0.6 is 0 Å². The zero-order valence-electron chi connectivity index (χ0n) is 18.1. The van der Waals surface area contributed by atoms with Crippen molar-refractivity contribution in [3.05, 3.63) is 71.8 Å². The number of anilines is 1. The van der Waals surface area contributed by atoms with Gasteiger partial charge in [0, 0.05) is 18.8 Å². The fourth-order valence-corrected chi connectivity index (χ4v) is 3.08. The topological polar surface area (TPSA) is 56.7 Å². The number of benzene rings is 2. The zero-order chi connectivity index (χ0) is 21.4. The Bertz CT molecular complexity index is 865. The van der Waals surface area contributed by atoms with Crippen molar-refractivity contribution in [2.24, 2.45) is 5.10 Å². The highest BCUT2D eigenvalue weighted by Gasteiger charge is 2.23. The molecule has 0 spiro atoms. The SMILES string of the molecule is C=C(C)c1cccc(C(C)(C)NC(=O)N/N=C/c2ccc(N(CC)CC)cc2)c1. The van der Waals surface area contributed by atoms with Crippen LogP contribution in [0.2, 0.25) is 0 Å².